The molecule has 0 spiro atoms. The minimum Gasteiger partial charge on any atom is -0.388 e. The molecule has 1 aromatic carbocycles. The molecule has 0 saturated heterocycles. The number of aryl methyl sites for hydroxylation is 1. The third-order valence-corrected chi connectivity index (χ3v) is 2.55. The third kappa shape index (κ3) is 3.00. The number of hydrogen-bond acceptors (Lipinski definition) is 2. The van der Waals surface area contributed by atoms with Gasteiger partial charge >= 0.3 is 0 Å². The molecule has 0 aromatic heterocycles. The molecule has 2 nitrogen and oxygen atoms in total. The van der Waals surface area contributed by atoms with Crippen molar-refractivity contribution in [3.05, 3.63) is 29.3 Å². The molecule has 0 fully saturated rings. The Labute approximate surface area is 97.9 Å². The lowest BCUT2D eigenvalue weighted by Gasteiger charge is -2.22. The summed E-state index contributed by atoms with van der Waals surface area (Å²) in [6, 6.07) is 6.08. The van der Waals surface area contributed by atoms with E-state index in [-0.39, 0.29) is 5.41 Å². The van der Waals surface area contributed by atoms with Crippen LogP contribution in [-0.2, 0) is 11.8 Å². The van der Waals surface area contributed by atoms with Gasteiger partial charge in [0, 0.05) is 5.56 Å². The monoisotopic (exact) mass is 217 g/mol. The summed E-state index contributed by atoms with van der Waals surface area (Å²) < 4.78 is 5.00. The van der Waals surface area contributed by atoms with Gasteiger partial charge in [-0.3, -0.25) is 0 Å². The quantitative estimate of drug-likeness (QED) is 0.721. The predicted octanol–water partition coefficient (Wildman–Crippen LogP) is 3.80. The minimum atomic E-state index is -0.00403. The van der Waals surface area contributed by atoms with Crippen LogP contribution in [0.2, 0.25) is 0 Å². The highest BCUT2D eigenvalue weighted by Crippen LogP contribution is 2.32. The Morgan fingerprint density at radius 1 is 1.31 bits per heavy atom. The molecule has 1 rings (SSSR count). The summed E-state index contributed by atoms with van der Waals surface area (Å²) in [5.74, 6) is 0.676. The van der Waals surface area contributed by atoms with Crippen LogP contribution in [0.4, 0.5) is 0 Å². The molecule has 86 valence electrons. The van der Waals surface area contributed by atoms with Crippen LogP contribution in [0.1, 0.15) is 45.2 Å². The molecule has 0 heterocycles. The molecule has 0 aliphatic heterocycles. The van der Waals surface area contributed by atoms with Crippen LogP contribution < -0.4 is 4.74 Å². The van der Waals surface area contributed by atoms with Gasteiger partial charge < -0.3 is 4.74 Å². The molecule has 0 aliphatic rings. The molecule has 0 atom stereocenters. The lowest BCUT2D eigenvalue weighted by molar-refractivity contribution is 0.473. The van der Waals surface area contributed by atoms with E-state index in [0.717, 1.165) is 18.4 Å². The average Bonchev–Trinajstić information content (AvgIpc) is 2.19. The van der Waals surface area contributed by atoms with Gasteiger partial charge in [-0.05, 0) is 23.5 Å². The zero-order valence-corrected chi connectivity index (χ0v) is 10.5. The van der Waals surface area contributed by atoms with Crippen LogP contribution >= 0.6 is 0 Å². The van der Waals surface area contributed by atoms with Crippen molar-refractivity contribution in [3.8, 4) is 12.0 Å². The molecule has 0 bridgehead atoms. The fourth-order valence-electron chi connectivity index (χ4n) is 1.75. The summed E-state index contributed by atoms with van der Waals surface area (Å²) in [6.07, 6.45) is 3.94. The van der Waals surface area contributed by atoms with Crippen LogP contribution in [0.25, 0.3) is 0 Å². The van der Waals surface area contributed by atoms with Crippen molar-refractivity contribution in [1.29, 1.82) is 5.26 Å². The first-order chi connectivity index (χ1) is 7.49. The van der Waals surface area contributed by atoms with Gasteiger partial charge in [-0.2, -0.15) is 0 Å². The Morgan fingerprint density at radius 2 is 2.00 bits per heavy atom. The van der Waals surface area contributed by atoms with Crippen LogP contribution in [0.15, 0.2) is 18.2 Å². The van der Waals surface area contributed by atoms with E-state index < -0.39 is 0 Å². The van der Waals surface area contributed by atoms with Crippen molar-refractivity contribution in [2.45, 2.75) is 46.0 Å². The maximum Gasteiger partial charge on any atom is 0.292 e. The highest BCUT2D eigenvalue weighted by atomic mass is 16.5. The molecule has 0 unspecified atom stereocenters. The fourth-order valence-corrected chi connectivity index (χ4v) is 1.75. The molecule has 0 N–H and O–H groups in total. The summed E-state index contributed by atoms with van der Waals surface area (Å²) in [5, 5.41) is 8.61. The minimum absolute atomic E-state index is 0.00403. The summed E-state index contributed by atoms with van der Waals surface area (Å²) >= 11 is 0. The predicted molar refractivity (Wildman–Crippen MR) is 65.4 cm³/mol. The van der Waals surface area contributed by atoms with Crippen molar-refractivity contribution in [2.24, 2.45) is 0 Å². The first-order valence-electron chi connectivity index (χ1n) is 5.68. The van der Waals surface area contributed by atoms with E-state index >= 15 is 0 Å². The highest BCUT2D eigenvalue weighted by Gasteiger charge is 2.19. The number of nitrogens with zero attached hydrogens (tertiary/aromatic N) is 1. The smallest absolute Gasteiger partial charge is 0.292 e. The number of hydrogen-bond donors (Lipinski definition) is 0. The van der Waals surface area contributed by atoms with Crippen molar-refractivity contribution in [3.63, 3.8) is 0 Å². The number of rotatable bonds is 3. The van der Waals surface area contributed by atoms with E-state index in [1.807, 2.05) is 12.1 Å². The third-order valence-electron chi connectivity index (χ3n) is 2.55. The van der Waals surface area contributed by atoms with Gasteiger partial charge in [0.2, 0.25) is 0 Å². The molecule has 0 saturated carbocycles. The van der Waals surface area contributed by atoms with Gasteiger partial charge in [0.25, 0.3) is 6.26 Å². The Kier molecular flexibility index (Phi) is 3.95. The van der Waals surface area contributed by atoms with E-state index in [1.165, 1.54) is 5.56 Å². The second-order valence-corrected chi connectivity index (χ2v) is 5.02. The number of nitriles is 1. The first kappa shape index (κ1) is 12.6. The largest absolute Gasteiger partial charge is 0.388 e. The second kappa shape index (κ2) is 5.03. The molecule has 0 amide bonds. The second-order valence-electron chi connectivity index (χ2n) is 5.02. The van der Waals surface area contributed by atoms with Crippen molar-refractivity contribution in [2.75, 3.05) is 0 Å². The molecule has 0 radical (unpaired) electrons. The normalized spacial score (nSPS) is 10.9. The fraction of sp³-hybridized carbons (Fsp3) is 0.500. The molecule has 0 aliphatic carbocycles. The summed E-state index contributed by atoms with van der Waals surface area (Å²) in [6.45, 7) is 8.54. The van der Waals surface area contributed by atoms with Crippen LogP contribution in [0.3, 0.4) is 0 Å². The van der Waals surface area contributed by atoms with Crippen molar-refractivity contribution in [1.82, 2.24) is 0 Å². The molecular weight excluding hydrogens is 198 g/mol. The van der Waals surface area contributed by atoms with E-state index in [2.05, 4.69) is 33.8 Å². The van der Waals surface area contributed by atoms with E-state index in [9.17, 15) is 0 Å². The summed E-state index contributed by atoms with van der Waals surface area (Å²) in [4.78, 5) is 0. The summed E-state index contributed by atoms with van der Waals surface area (Å²) in [5.41, 5.74) is 2.40. The maximum atomic E-state index is 8.61. The van der Waals surface area contributed by atoms with Crippen molar-refractivity contribution >= 4 is 0 Å². The number of ether oxygens (including phenoxy) is 1. The Bertz CT molecular complexity index is 396. The van der Waals surface area contributed by atoms with Gasteiger partial charge in [-0.25, -0.2) is 0 Å². The average molecular weight is 217 g/mol. The maximum absolute atomic E-state index is 8.61. The molecule has 16 heavy (non-hydrogen) atoms. The van der Waals surface area contributed by atoms with Crippen LogP contribution in [-0.4, -0.2) is 0 Å². The van der Waals surface area contributed by atoms with Gasteiger partial charge in [0.15, 0.2) is 0 Å². The topological polar surface area (TPSA) is 33.0 Å². The van der Waals surface area contributed by atoms with Crippen LogP contribution in [0, 0.1) is 11.5 Å². The van der Waals surface area contributed by atoms with Gasteiger partial charge in [-0.15, -0.1) is 5.26 Å². The number of benzene rings is 1. The Morgan fingerprint density at radius 3 is 2.50 bits per heavy atom. The Hall–Kier alpha value is -1.49. The first-order valence-corrected chi connectivity index (χ1v) is 5.68. The van der Waals surface area contributed by atoms with Crippen molar-refractivity contribution < 1.29 is 4.74 Å². The molecular formula is C14H19NO. The van der Waals surface area contributed by atoms with Gasteiger partial charge in [-0.1, -0.05) is 46.2 Å². The lowest BCUT2D eigenvalue weighted by Crippen LogP contribution is -2.13. The Balaban J connectivity index is 3.17. The SMILES string of the molecule is CCCc1ccc(OC#N)c(C(C)(C)C)c1. The zero-order valence-electron chi connectivity index (χ0n) is 10.5. The zero-order chi connectivity index (χ0) is 12.2. The standard InChI is InChI=1S/C14H19NO/c1-5-6-11-7-8-13(16-10-15)12(9-11)14(2,3)4/h7-9H,5-6H2,1-4H3. The van der Waals surface area contributed by atoms with E-state index in [4.69, 9.17) is 10.00 Å². The molecule has 1 aromatic rings. The lowest BCUT2D eigenvalue weighted by atomic mass is 9.85. The van der Waals surface area contributed by atoms with E-state index in [0.29, 0.717) is 5.75 Å². The van der Waals surface area contributed by atoms with Gasteiger partial charge in [0.1, 0.15) is 5.75 Å². The summed E-state index contributed by atoms with van der Waals surface area (Å²) in [7, 11) is 0. The van der Waals surface area contributed by atoms with E-state index in [1.54, 1.807) is 6.26 Å². The van der Waals surface area contributed by atoms with Gasteiger partial charge in [0.05, 0.1) is 0 Å². The van der Waals surface area contributed by atoms with Crippen LogP contribution in [0.5, 0.6) is 5.75 Å². The molecule has 2 heteroatoms. The highest BCUT2D eigenvalue weighted by molar-refractivity contribution is 5.42.